The first-order valence-electron chi connectivity index (χ1n) is 7.50. The van der Waals surface area contributed by atoms with Gasteiger partial charge in [0, 0.05) is 5.56 Å². The van der Waals surface area contributed by atoms with E-state index >= 15 is 0 Å². The zero-order chi connectivity index (χ0) is 17.3. The van der Waals surface area contributed by atoms with Gasteiger partial charge in [-0.3, -0.25) is 4.79 Å². The van der Waals surface area contributed by atoms with Gasteiger partial charge in [0.2, 0.25) is 0 Å². The Morgan fingerprint density at radius 1 is 1.17 bits per heavy atom. The van der Waals surface area contributed by atoms with Gasteiger partial charge in [-0.1, -0.05) is 12.1 Å². The molecule has 3 nitrogen and oxygen atoms in total. The van der Waals surface area contributed by atoms with Crippen LogP contribution in [0.4, 0.5) is 13.2 Å². The second-order valence-electron chi connectivity index (χ2n) is 5.72. The number of hydrogen-bond acceptors (Lipinski definition) is 2. The van der Waals surface area contributed by atoms with Crippen LogP contribution in [0.3, 0.4) is 0 Å². The van der Waals surface area contributed by atoms with Crippen molar-refractivity contribution in [2.24, 2.45) is 0 Å². The van der Waals surface area contributed by atoms with Gasteiger partial charge in [-0.25, -0.2) is 0 Å². The normalized spacial score (nSPS) is 16.4. The number of rotatable bonds is 2. The zero-order valence-electron chi connectivity index (χ0n) is 13.1. The molecule has 2 aromatic rings. The van der Waals surface area contributed by atoms with Gasteiger partial charge in [0.05, 0.1) is 24.9 Å². The molecule has 0 aliphatic carbocycles. The summed E-state index contributed by atoms with van der Waals surface area (Å²) < 4.78 is 43.9. The lowest BCUT2D eigenvalue weighted by molar-refractivity contribution is -0.137. The molecule has 128 valence electrons. The first kappa shape index (κ1) is 17.0. The maximum atomic E-state index is 12.8. The summed E-state index contributed by atoms with van der Waals surface area (Å²) >= 11 is 0. The minimum atomic E-state index is -4.41. The maximum absolute atomic E-state index is 12.8. The molecule has 0 radical (unpaired) electrons. The summed E-state index contributed by atoms with van der Waals surface area (Å²) in [5, 5.41) is 0. The molecule has 2 heterocycles. The highest BCUT2D eigenvalue weighted by molar-refractivity contribution is 7.96. The van der Waals surface area contributed by atoms with E-state index in [1.54, 1.807) is 4.90 Å². The van der Waals surface area contributed by atoms with Crippen LogP contribution < -0.4 is 0 Å². The van der Waals surface area contributed by atoms with E-state index in [1.165, 1.54) is 24.3 Å². The van der Waals surface area contributed by atoms with Crippen LogP contribution >= 0.6 is 0 Å². The quantitative estimate of drug-likeness (QED) is 0.770. The fraction of sp³-hybridized carbons (Fsp3) is 0.353. The van der Waals surface area contributed by atoms with Crippen molar-refractivity contribution in [2.45, 2.75) is 6.18 Å². The minimum absolute atomic E-state index is 0.167. The van der Waals surface area contributed by atoms with Crippen molar-refractivity contribution in [3.05, 3.63) is 47.7 Å². The Kier molecular flexibility index (Phi) is 4.62. The van der Waals surface area contributed by atoms with Crippen LogP contribution in [0.15, 0.2) is 40.8 Å². The average molecular weight is 356 g/mol. The molecule has 0 N–H and O–H groups in total. The monoisotopic (exact) mass is 356 g/mol. The predicted molar refractivity (Wildman–Crippen MR) is 88.1 cm³/mol. The summed E-state index contributed by atoms with van der Waals surface area (Å²) in [6, 6.07) is 7.96. The molecule has 1 aliphatic heterocycles. The van der Waals surface area contributed by atoms with Crippen molar-refractivity contribution in [3.63, 3.8) is 0 Å². The highest BCUT2D eigenvalue weighted by Gasteiger charge is 2.31. The third kappa shape index (κ3) is 3.61. The van der Waals surface area contributed by atoms with Gasteiger partial charge in [0.15, 0.2) is 5.76 Å². The predicted octanol–water partition coefficient (Wildman–Crippen LogP) is 3.67. The number of alkyl halides is 3. The molecule has 3 rings (SSSR count). The molecule has 0 atom stereocenters. The maximum Gasteiger partial charge on any atom is 0.416 e. The standard InChI is InChI=1S/C17H17F3NO2S/c1-24-9-7-21(8-10-24)16(22)15-6-5-14(23-15)12-3-2-4-13(11-12)17(18,19)20/h2-6,11H,7-10H2,1H3/q+1. The first-order valence-corrected chi connectivity index (χ1v) is 9.47. The van der Waals surface area contributed by atoms with Crippen molar-refractivity contribution in [1.29, 1.82) is 0 Å². The number of carbonyl (C=O) groups is 1. The summed E-state index contributed by atoms with van der Waals surface area (Å²) in [5.74, 6) is 2.18. The van der Waals surface area contributed by atoms with E-state index in [4.69, 9.17) is 4.42 Å². The highest BCUT2D eigenvalue weighted by atomic mass is 32.2. The summed E-state index contributed by atoms with van der Waals surface area (Å²) in [7, 11) is 0.349. The van der Waals surface area contributed by atoms with Crippen molar-refractivity contribution in [3.8, 4) is 11.3 Å². The third-order valence-electron chi connectivity index (χ3n) is 4.00. The Morgan fingerprint density at radius 3 is 2.54 bits per heavy atom. The Bertz CT molecular complexity index is 733. The topological polar surface area (TPSA) is 33.5 Å². The van der Waals surface area contributed by atoms with Gasteiger partial charge in [-0.2, -0.15) is 13.2 Å². The Labute approximate surface area is 140 Å². The molecule has 0 spiro atoms. The van der Waals surface area contributed by atoms with E-state index in [9.17, 15) is 18.0 Å². The number of hydrogen-bond donors (Lipinski definition) is 0. The number of furan rings is 1. The summed E-state index contributed by atoms with van der Waals surface area (Å²) in [4.78, 5) is 14.2. The summed E-state index contributed by atoms with van der Waals surface area (Å²) in [6.45, 7) is 1.38. The molecule has 0 unspecified atom stereocenters. The second-order valence-corrected chi connectivity index (χ2v) is 8.10. The lowest BCUT2D eigenvalue weighted by Crippen LogP contribution is -2.43. The number of amides is 1. The van der Waals surface area contributed by atoms with Crippen molar-refractivity contribution >= 4 is 16.8 Å². The smallest absolute Gasteiger partial charge is 0.416 e. The molecule has 1 aromatic carbocycles. The molecule has 0 bridgehead atoms. The first-order chi connectivity index (χ1) is 11.3. The van der Waals surface area contributed by atoms with Gasteiger partial charge < -0.3 is 9.32 Å². The Hall–Kier alpha value is -1.89. The van der Waals surface area contributed by atoms with Crippen LogP contribution in [-0.2, 0) is 17.1 Å². The van der Waals surface area contributed by atoms with E-state index in [0.29, 0.717) is 29.5 Å². The van der Waals surface area contributed by atoms with E-state index in [-0.39, 0.29) is 17.4 Å². The number of nitrogens with zero attached hydrogens (tertiary/aromatic N) is 1. The highest BCUT2D eigenvalue weighted by Crippen LogP contribution is 2.32. The molecular weight excluding hydrogens is 339 g/mol. The Morgan fingerprint density at radius 2 is 1.88 bits per heavy atom. The van der Waals surface area contributed by atoms with Crippen LogP contribution in [0.1, 0.15) is 16.1 Å². The third-order valence-corrected chi connectivity index (χ3v) is 5.76. The molecule has 1 saturated heterocycles. The zero-order valence-corrected chi connectivity index (χ0v) is 13.9. The van der Waals surface area contributed by atoms with Gasteiger partial charge in [0.25, 0.3) is 5.91 Å². The molecule has 24 heavy (non-hydrogen) atoms. The SMILES string of the molecule is C[S+]1CCN(C(=O)c2ccc(-c3cccc(C(F)(F)F)c3)o2)CC1. The van der Waals surface area contributed by atoms with Crippen molar-refractivity contribution < 1.29 is 22.4 Å². The summed E-state index contributed by atoms with van der Waals surface area (Å²) in [5.41, 5.74) is -0.437. The molecule has 7 heteroatoms. The van der Waals surface area contributed by atoms with Crippen LogP contribution in [-0.4, -0.2) is 41.7 Å². The second kappa shape index (κ2) is 6.55. The molecule has 1 aromatic heterocycles. The van der Waals surface area contributed by atoms with Gasteiger partial charge in [0.1, 0.15) is 17.3 Å². The minimum Gasteiger partial charge on any atom is -0.451 e. The number of halogens is 3. The van der Waals surface area contributed by atoms with Gasteiger partial charge in [-0.05, 0) is 35.2 Å². The van der Waals surface area contributed by atoms with Crippen molar-refractivity contribution in [1.82, 2.24) is 4.90 Å². The van der Waals surface area contributed by atoms with E-state index in [1.807, 2.05) is 0 Å². The molecule has 1 amide bonds. The molecule has 0 saturated carbocycles. The van der Waals surface area contributed by atoms with Crippen LogP contribution in [0.25, 0.3) is 11.3 Å². The summed E-state index contributed by atoms with van der Waals surface area (Å²) in [6.07, 6.45) is -2.23. The molecular formula is C17H17F3NO2S+. The number of benzene rings is 1. The Balaban J connectivity index is 1.79. The van der Waals surface area contributed by atoms with Gasteiger partial charge >= 0.3 is 6.18 Å². The fourth-order valence-electron chi connectivity index (χ4n) is 2.56. The lowest BCUT2D eigenvalue weighted by atomic mass is 10.1. The lowest BCUT2D eigenvalue weighted by Gasteiger charge is -2.24. The van der Waals surface area contributed by atoms with Crippen LogP contribution in [0.5, 0.6) is 0 Å². The van der Waals surface area contributed by atoms with Crippen molar-refractivity contribution in [2.75, 3.05) is 30.9 Å². The van der Waals surface area contributed by atoms with E-state index in [2.05, 4.69) is 6.26 Å². The van der Waals surface area contributed by atoms with Crippen LogP contribution in [0.2, 0.25) is 0 Å². The average Bonchev–Trinajstić information content (AvgIpc) is 3.04. The fourth-order valence-corrected chi connectivity index (χ4v) is 3.83. The molecule has 1 fully saturated rings. The molecule has 1 aliphatic rings. The largest absolute Gasteiger partial charge is 0.451 e. The van der Waals surface area contributed by atoms with E-state index in [0.717, 1.165) is 23.6 Å². The van der Waals surface area contributed by atoms with Gasteiger partial charge in [-0.15, -0.1) is 0 Å². The van der Waals surface area contributed by atoms with E-state index < -0.39 is 11.7 Å². The van der Waals surface area contributed by atoms with Crippen LogP contribution in [0, 0.1) is 0 Å². The number of carbonyl (C=O) groups excluding carboxylic acids is 1.